The Morgan fingerprint density at radius 3 is 2.52 bits per heavy atom. The first kappa shape index (κ1) is 20.0. The lowest BCUT2D eigenvalue weighted by Gasteiger charge is -2.51. The second kappa shape index (κ2) is 6.69. The number of Topliss-reactive ketones (excluding diaryl/α,β-unsaturated/α-hetero) is 2. The Balaban J connectivity index is 2.11. The van der Waals surface area contributed by atoms with Gasteiger partial charge in [-0.1, -0.05) is 39.8 Å². The highest BCUT2D eigenvalue weighted by Gasteiger charge is 2.54. The van der Waals surface area contributed by atoms with E-state index in [0.29, 0.717) is 24.0 Å². The van der Waals surface area contributed by atoms with Gasteiger partial charge >= 0.3 is 5.97 Å². The molecule has 0 saturated heterocycles. The monoisotopic (exact) mass is 374 g/mol. The molecule has 0 radical (unpaired) electrons. The molecule has 0 spiro atoms. The third-order valence-corrected chi connectivity index (χ3v) is 7.06. The van der Waals surface area contributed by atoms with Crippen LogP contribution in [0.15, 0.2) is 23.8 Å². The Hall–Kier alpha value is -1.75. The molecular weight excluding hydrogens is 344 g/mol. The second-order valence-corrected chi connectivity index (χ2v) is 9.34. The van der Waals surface area contributed by atoms with Crippen LogP contribution in [0.2, 0.25) is 0 Å². The quantitative estimate of drug-likeness (QED) is 0.563. The number of carbonyl (C=O) groups excluding carboxylic acids is 3. The molecule has 0 aromatic rings. The van der Waals surface area contributed by atoms with Gasteiger partial charge in [0.1, 0.15) is 0 Å². The van der Waals surface area contributed by atoms with E-state index >= 15 is 0 Å². The van der Waals surface area contributed by atoms with E-state index in [9.17, 15) is 19.5 Å². The maximum Gasteiger partial charge on any atom is 0.303 e. The van der Waals surface area contributed by atoms with Crippen LogP contribution in [-0.4, -0.2) is 34.9 Å². The van der Waals surface area contributed by atoms with Gasteiger partial charge in [-0.2, -0.15) is 0 Å². The largest absolute Gasteiger partial charge is 0.454 e. The summed E-state index contributed by atoms with van der Waals surface area (Å²) in [6.45, 7) is 11.4. The average Bonchev–Trinajstić information content (AvgIpc) is 2.84. The van der Waals surface area contributed by atoms with E-state index in [1.54, 1.807) is 6.08 Å². The van der Waals surface area contributed by atoms with E-state index in [-0.39, 0.29) is 35.2 Å². The van der Waals surface area contributed by atoms with Crippen molar-refractivity contribution in [1.29, 1.82) is 0 Å². The molecule has 3 aliphatic carbocycles. The summed E-state index contributed by atoms with van der Waals surface area (Å²) in [4.78, 5) is 37.9. The zero-order valence-corrected chi connectivity index (χ0v) is 16.7. The number of fused-ring (bicyclic) bond motifs is 2. The molecule has 0 heterocycles. The number of aliphatic hydroxyl groups excluding tert-OH is 1. The summed E-state index contributed by atoms with van der Waals surface area (Å²) in [7, 11) is 0. The zero-order valence-electron chi connectivity index (χ0n) is 16.7. The maximum atomic E-state index is 13.6. The summed E-state index contributed by atoms with van der Waals surface area (Å²) >= 11 is 0. The van der Waals surface area contributed by atoms with Crippen molar-refractivity contribution in [2.75, 3.05) is 0 Å². The van der Waals surface area contributed by atoms with Crippen LogP contribution in [0.4, 0.5) is 0 Å². The summed E-state index contributed by atoms with van der Waals surface area (Å²) < 4.78 is 5.45. The van der Waals surface area contributed by atoms with E-state index in [1.165, 1.54) is 6.92 Å². The first-order valence-corrected chi connectivity index (χ1v) is 9.82. The van der Waals surface area contributed by atoms with Crippen molar-refractivity contribution in [1.82, 2.24) is 0 Å². The lowest BCUT2D eigenvalue weighted by Crippen LogP contribution is -2.52. The number of hydrogen-bond acceptors (Lipinski definition) is 5. The van der Waals surface area contributed by atoms with Crippen LogP contribution in [0.1, 0.15) is 59.8 Å². The highest BCUT2D eigenvalue weighted by molar-refractivity contribution is 6.11. The third-order valence-electron chi connectivity index (χ3n) is 7.06. The van der Waals surface area contributed by atoms with E-state index in [2.05, 4.69) is 20.4 Å². The molecule has 3 rings (SSSR count). The number of aliphatic hydroxyl groups is 1. The van der Waals surface area contributed by atoms with E-state index in [0.717, 1.165) is 12.8 Å². The fourth-order valence-corrected chi connectivity index (χ4v) is 5.57. The molecule has 1 saturated carbocycles. The molecule has 3 aliphatic rings. The topological polar surface area (TPSA) is 80.7 Å². The highest BCUT2D eigenvalue weighted by Crippen LogP contribution is 2.55. The van der Waals surface area contributed by atoms with Crippen molar-refractivity contribution in [3.63, 3.8) is 0 Å². The predicted octanol–water partition coefficient (Wildman–Crippen LogP) is 3.16. The molecule has 1 N–H and O–H groups in total. The van der Waals surface area contributed by atoms with Crippen molar-refractivity contribution in [2.24, 2.45) is 22.7 Å². The van der Waals surface area contributed by atoms with Crippen LogP contribution < -0.4 is 0 Å². The van der Waals surface area contributed by atoms with Gasteiger partial charge in [0.2, 0.25) is 0 Å². The molecule has 0 unspecified atom stereocenters. The van der Waals surface area contributed by atoms with Gasteiger partial charge in [-0.15, -0.1) is 0 Å². The summed E-state index contributed by atoms with van der Waals surface area (Å²) in [6.07, 6.45) is 3.03. The Kier molecular flexibility index (Phi) is 4.96. The Morgan fingerprint density at radius 1 is 1.22 bits per heavy atom. The molecule has 0 amide bonds. The maximum absolute atomic E-state index is 13.6. The second-order valence-electron chi connectivity index (χ2n) is 9.34. The fraction of sp³-hybridized carbons (Fsp3) is 0.682. The van der Waals surface area contributed by atoms with Gasteiger partial charge in [0, 0.05) is 30.3 Å². The van der Waals surface area contributed by atoms with E-state index in [1.807, 2.05) is 6.92 Å². The molecule has 2 bridgehead atoms. The number of rotatable bonds is 1. The molecule has 5 atom stereocenters. The predicted molar refractivity (Wildman–Crippen MR) is 101 cm³/mol. The van der Waals surface area contributed by atoms with Gasteiger partial charge in [0.25, 0.3) is 0 Å². The molecule has 5 nitrogen and oxygen atoms in total. The Morgan fingerprint density at radius 2 is 1.89 bits per heavy atom. The molecular formula is C22H30O5. The molecule has 0 aliphatic heterocycles. The summed E-state index contributed by atoms with van der Waals surface area (Å²) in [5.74, 6) is -1.32. The Bertz CT molecular complexity index is 731. The lowest BCUT2D eigenvalue weighted by molar-refractivity contribution is -0.163. The lowest BCUT2D eigenvalue weighted by atomic mass is 9.52. The van der Waals surface area contributed by atoms with E-state index in [4.69, 9.17) is 4.74 Å². The van der Waals surface area contributed by atoms with Gasteiger partial charge in [0.15, 0.2) is 17.7 Å². The molecule has 0 aromatic carbocycles. The summed E-state index contributed by atoms with van der Waals surface area (Å²) in [5, 5.41) is 10.9. The number of allylic oxidation sites excluding steroid dienone is 2. The van der Waals surface area contributed by atoms with Gasteiger partial charge in [-0.25, -0.2) is 0 Å². The van der Waals surface area contributed by atoms with Gasteiger partial charge < -0.3 is 9.84 Å². The minimum atomic E-state index is -0.904. The molecule has 27 heavy (non-hydrogen) atoms. The number of ketones is 2. The first-order valence-electron chi connectivity index (χ1n) is 9.82. The van der Waals surface area contributed by atoms with Crippen molar-refractivity contribution in [3.8, 4) is 0 Å². The standard InChI is InChI=1S/C22H30O5/c1-12-14-9-15(19(12)25)16(24)11-18-21(3,4)7-6-8-22(18,5)20(26)17(10-14)27-13(2)23/h9,14,16-18,24H,1,6-8,10-11H2,2-5H3/t14-,16+,17+,18+,22+/m0/s1. The average molecular weight is 374 g/mol. The highest BCUT2D eigenvalue weighted by atomic mass is 16.5. The van der Waals surface area contributed by atoms with Gasteiger partial charge in [0.05, 0.1) is 6.10 Å². The fourth-order valence-electron chi connectivity index (χ4n) is 5.57. The van der Waals surface area contributed by atoms with Crippen LogP contribution in [0, 0.1) is 22.7 Å². The van der Waals surface area contributed by atoms with Crippen LogP contribution in [-0.2, 0) is 19.1 Å². The van der Waals surface area contributed by atoms with Crippen LogP contribution in [0.5, 0.6) is 0 Å². The van der Waals surface area contributed by atoms with Gasteiger partial charge in [-0.05, 0) is 36.2 Å². The van der Waals surface area contributed by atoms with Crippen LogP contribution in [0.25, 0.3) is 0 Å². The smallest absolute Gasteiger partial charge is 0.303 e. The number of ether oxygens (including phenoxy) is 1. The molecule has 1 fully saturated rings. The number of carbonyl (C=O) groups is 3. The normalized spacial score (nSPS) is 38.9. The van der Waals surface area contributed by atoms with Crippen LogP contribution >= 0.6 is 0 Å². The van der Waals surface area contributed by atoms with Crippen molar-refractivity contribution >= 4 is 17.5 Å². The van der Waals surface area contributed by atoms with Crippen molar-refractivity contribution < 1.29 is 24.2 Å². The molecule has 5 heteroatoms. The number of esters is 1. The van der Waals surface area contributed by atoms with Crippen molar-refractivity contribution in [3.05, 3.63) is 23.8 Å². The third kappa shape index (κ3) is 3.31. The number of hydrogen-bond donors (Lipinski definition) is 1. The minimum Gasteiger partial charge on any atom is -0.454 e. The molecule has 148 valence electrons. The van der Waals surface area contributed by atoms with E-state index < -0.39 is 23.6 Å². The van der Waals surface area contributed by atoms with Crippen molar-refractivity contribution in [2.45, 2.75) is 72.0 Å². The first-order chi connectivity index (χ1) is 12.5. The minimum absolute atomic E-state index is 0.0910. The Labute approximate surface area is 160 Å². The summed E-state index contributed by atoms with van der Waals surface area (Å²) in [5.41, 5.74) is -0.125. The van der Waals surface area contributed by atoms with Crippen LogP contribution in [0.3, 0.4) is 0 Å². The summed E-state index contributed by atoms with van der Waals surface area (Å²) in [6, 6.07) is 0. The SMILES string of the molecule is C=C1C(=O)C2=C[C@H]1C[C@@H](OC(C)=O)C(=O)[C@]1(C)CCCC(C)(C)[C@H]1C[C@H]2O. The molecule has 0 aromatic heterocycles. The zero-order chi connectivity index (χ0) is 20.1. The van der Waals surface area contributed by atoms with Gasteiger partial charge in [-0.3, -0.25) is 14.4 Å².